The fourth-order valence-corrected chi connectivity index (χ4v) is 2.79. The van der Waals surface area contributed by atoms with Crippen LogP contribution in [0.15, 0.2) is 79.0 Å². The Bertz CT molecular complexity index is 1070. The van der Waals surface area contributed by atoms with Crippen molar-refractivity contribution in [2.45, 2.75) is 0 Å². The highest BCUT2D eigenvalue weighted by atomic mass is 19.1. The molecule has 0 amide bonds. The smallest absolute Gasteiger partial charge is 0.211 e. The molecule has 0 aliphatic rings. The molecule has 0 unspecified atom stereocenters. The van der Waals surface area contributed by atoms with Crippen molar-refractivity contribution in [3.05, 3.63) is 96.2 Å². The number of ether oxygens (including phenoxy) is 1. The number of para-hydroxylation sites is 1. The lowest BCUT2D eigenvalue weighted by Crippen LogP contribution is -1.92. The molecule has 0 radical (unpaired) electrons. The van der Waals surface area contributed by atoms with Gasteiger partial charge in [-0.05, 0) is 60.0 Å². The van der Waals surface area contributed by atoms with Crippen LogP contribution in [-0.2, 0) is 0 Å². The first kappa shape index (κ1) is 15.0. The first-order chi connectivity index (χ1) is 12.2. The van der Waals surface area contributed by atoms with E-state index in [2.05, 4.69) is 4.85 Å². The summed E-state index contributed by atoms with van der Waals surface area (Å²) in [5.41, 5.74) is 2.45. The molecule has 1 heterocycles. The zero-order valence-electron chi connectivity index (χ0n) is 13.2. The molecule has 3 aromatic carbocycles. The van der Waals surface area contributed by atoms with E-state index in [1.54, 1.807) is 12.1 Å². The number of halogens is 1. The Balaban J connectivity index is 1.67. The summed E-state index contributed by atoms with van der Waals surface area (Å²) >= 11 is 0. The maximum atomic E-state index is 12.9. The average Bonchev–Trinajstić information content (AvgIpc) is 3.08. The molecule has 0 N–H and O–H groups in total. The normalized spacial score (nSPS) is 10.6. The second-order valence-corrected chi connectivity index (χ2v) is 5.56. The molecule has 0 fully saturated rings. The molecular weight excluding hydrogens is 315 g/mol. The summed E-state index contributed by atoms with van der Waals surface area (Å²) < 4.78 is 20.6. The number of rotatable bonds is 3. The van der Waals surface area contributed by atoms with Gasteiger partial charge in [-0.2, -0.15) is 0 Å². The second kappa shape index (κ2) is 6.14. The molecule has 0 saturated heterocycles. The highest BCUT2D eigenvalue weighted by molar-refractivity contribution is 5.93. The SMILES string of the molecule is [C-]#[N+]c1cccc2ccn(-c3ccc(Oc4ccc(F)cc4)cc3)c12. The van der Waals surface area contributed by atoms with Crippen LogP contribution in [0.25, 0.3) is 21.4 Å². The molecule has 0 bridgehead atoms. The molecule has 4 aromatic rings. The number of aromatic nitrogens is 1. The molecule has 4 rings (SSSR count). The van der Waals surface area contributed by atoms with E-state index in [1.807, 2.05) is 59.3 Å². The number of nitrogens with zero attached hydrogens (tertiary/aromatic N) is 2. The third kappa shape index (κ3) is 2.84. The van der Waals surface area contributed by atoms with Crippen molar-refractivity contribution in [1.82, 2.24) is 4.57 Å². The highest BCUT2D eigenvalue weighted by Gasteiger charge is 2.08. The van der Waals surface area contributed by atoms with E-state index in [-0.39, 0.29) is 5.82 Å². The fourth-order valence-electron chi connectivity index (χ4n) is 2.79. The summed E-state index contributed by atoms with van der Waals surface area (Å²) in [4.78, 5) is 3.61. The molecule has 25 heavy (non-hydrogen) atoms. The van der Waals surface area contributed by atoms with Crippen molar-refractivity contribution in [1.29, 1.82) is 0 Å². The van der Waals surface area contributed by atoms with Gasteiger partial charge in [-0.15, -0.1) is 0 Å². The Hall–Kier alpha value is -3.58. The van der Waals surface area contributed by atoms with Crippen LogP contribution in [0.1, 0.15) is 0 Å². The van der Waals surface area contributed by atoms with Crippen LogP contribution in [0.3, 0.4) is 0 Å². The summed E-state index contributed by atoms with van der Waals surface area (Å²) in [6, 6.07) is 21.2. The van der Waals surface area contributed by atoms with Crippen LogP contribution < -0.4 is 4.74 Å². The van der Waals surface area contributed by atoms with Gasteiger partial charge in [-0.25, -0.2) is 9.24 Å². The van der Waals surface area contributed by atoms with Gasteiger partial charge in [0.2, 0.25) is 5.69 Å². The molecular formula is C21H13FN2O. The van der Waals surface area contributed by atoms with E-state index in [0.29, 0.717) is 17.2 Å². The van der Waals surface area contributed by atoms with Crippen molar-refractivity contribution >= 4 is 16.6 Å². The van der Waals surface area contributed by atoms with Gasteiger partial charge in [0, 0.05) is 11.9 Å². The average molecular weight is 328 g/mol. The van der Waals surface area contributed by atoms with Crippen molar-refractivity contribution in [3.8, 4) is 17.2 Å². The maximum Gasteiger partial charge on any atom is 0.211 e. The van der Waals surface area contributed by atoms with Gasteiger partial charge in [0.05, 0.1) is 12.1 Å². The van der Waals surface area contributed by atoms with E-state index in [1.165, 1.54) is 12.1 Å². The summed E-state index contributed by atoms with van der Waals surface area (Å²) in [7, 11) is 0. The largest absolute Gasteiger partial charge is 0.457 e. The summed E-state index contributed by atoms with van der Waals surface area (Å²) in [5.74, 6) is 0.950. The van der Waals surface area contributed by atoms with Gasteiger partial charge in [-0.3, -0.25) is 0 Å². The van der Waals surface area contributed by atoms with Crippen LogP contribution in [-0.4, -0.2) is 4.57 Å². The Morgan fingerprint density at radius 3 is 2.20 bits per heavy atom. The molecule has 1 aromatic heterocycles. The van der Waals surface area contributed by atoms with Gasteiger partial charge >= 0.3 is 0 Å². The molecule has 0 aliphatic carbocycles. The highest BCUT2D eigenvalue weighted by Crippen LogP contribution is 2.30. The van der Waals surface area contributed by atoms with Crippen molar-refractivity contribution in [2.24, 2.45) is 0 Å². The van der Waals surface area contributed by atoms with E-state index < -0.39 is 0 Å². The van der Waals surface area contributed by atoms with Gasteiger partial charge in [-0.1, -0.05) is 18.2 Å². The minimum absolute atomic E-state index is 0.294. The first-order valence-corrected chi connectivity index (χ1v) is 7.76. The summed E-state index contributed by atoms with van der Waals surface area (Å²) in [6.07, 6.45) is 1.95. The quantitative estimate of drug-likeness (QED) is 0.415. The third-order valence-electron chi connectivity index (χ3n) is 3.97. The topological polar surface area (TPSA) is 18.5 Å². The van der Waals surface area contributed by atoms with E-state index in [4.69, 9.17) is 11.3 Å². The second-order valence-electron chi connectivity index (χ2n) is 5.56. The molecule has 0 spiro atoms. The minimum atomic E-state index is -0.294. The number of hydrogen-bond donors (Lipinski definition) is 0. The van der Waals surface area contributed by atoms with Crippen molar-refractivity contribution < 1.29 is 9.13 Å². The summed E-state index contributed by atoms with van der Waals surface area (Å²) in [5, 5.41) is 1.03. The number of hydrogen-bond acceptors (Lipinski definition) is 1. The van der Waals surface area contributed by atoms with Gasteiger partial charge in [0.15, 0.2) is 0 Å². The van der Waals surface area contributed by atoms with Crippen LogP contribution in [0.4, 0.5) is 10.1 Å². The minimum Gasteiger partial charge on any atom is -0.457 e. The third-order valence-corrected chi connectivity index (χ3v) is 3.97. The Labute approximate surface area is 144 Å². The van der Waals surface area contributed by atoms with Crippen molar-refractivity contribution in [3.63, 3.8) is 0 Å². The van der Waals surface area contributed by atoms with Gasteiger partial charge in [0.25, 0.3) is 0 Å². The van der Waals surface area contributed by atoms with Gasteiger partial charge in [0.1, 0.15) is 17.3 Å². The summed E-state index contributed by atoms with van der Waals surface area (Å²) in [6.45, 7) is 7.36. The Morgan fingerprint density at radius 2 is 1.52 bits per heavy atom. The van der Waals surface area contributed by atoms with Gasteiger partial charge < -0.3 is 9.30 Å². The van der Waals surface area contributed by atoms with E-state index >= 15 is 0 Å². The number of benzene rings is 3. The van der Waals surface area contributed by atoms with Crippen molar-refractivity contribution in [2.75, 3.05) is 0 Å². The van der Waals surface area contributed by atoms with Crippen LogP contribution in [0.2, 0.25) is 0 Å². The molecule has 0 atom stereocenters. The predicted molar refractivity (Wildman–Crippen MR) is 96.0 cm³/mol. The Kier molecular flexibility index (Phi) is 3.68. The zero-order chi connectivity index (χ0) is 17.2. The van der Waals surface area contributed by atoms with E-state index in [0.717, 1.165) is 16.6 Å². The number of fused-ring (bicyclic) bond motifs is 1. The Morgan fingerprint density at radius 1 is 0.840 bits per heavy atom. The molecule has 0 aliphatic heterocycles. The lowest BCUT2D eigenvalue weighted by Gasteiger charge is -2.09. The zero-order valence-corrected chi connectivity index (χ0v) is 13.2. The van der Waals surface area contributed by atoms with E-state index in [9.17, 15) is 4.39 Å². The van der Waals surface area contributed by atoms with Crippen LogP contribution in [0, 0.1) is 12.4 Å². The standard InChI is InChI=1S/C21H13FN2O/c1-23-20-4-2-3-15-13-14-24(21(15)20)17-7-11-19(12-8-17)25-18-9-5-16(22)6-10-18/h2-14H. The lowest BCUT2D eigenvalue weighted by atomic mass is 10.2. The van der Waals surface area contributed by atoms with Crippen LogP contribution in [0.5, 0.6) is 11.5 Å². The molecule has 4 heteroatoms. The fraction of sp³-hybridized carbons (Fsp3) is 0. The molecule has 120 valence electrons. The monoisotopic (exact) mass is 328 g/mol. The van der Waals surface area contributed by atoms with Crippen LogP contribution >= 0.6 is 0 Å². The predicted octanol–water partition coefficient (Wildman–Crippen LogP) is 6.11. The lowest BCUT2D eigenvalue weighted by molar-refractivity contribution is 0.480. The molecule has 0 saturated carbocycles. The maximum absolute atomic E-state index is 12.9. The first-order valence-electron chi connectivity index (χ1n) is 7.76. The molecule has 3 nitrogen and oxygen atoms in total.